The van der Waals surface area contributed by atoms with E-state index in [9.17, 15) is 4.39 Å². The molecule has 0 unspecified atom stereocenters. The van der Waals surface area contributed by atoms with E-state index in [1.165, 1.54) is 19.2 Å². The lowest BCUT2D eigenvalue weighted by Gasteiger charge is -2.16. The van der Waals surface area contributed by atoms with Crippen molar-refractivity contribution in [2.75, 3.05) is 7.11 Å². The number of hydrogen-bond donors (Lipinski definition) is 1. The van der Waals surface area contributed by atoms with Crippen LogP contribution in [-0.4, -0.2) is 7.11 Å². The monoisotopic (exact) mass is 261 g/mol. The molecule has 1 aromatic rings. The molecule has 0 aliphatic carbocycles. The molecular formula is C13H21ClFNO. The van der Waals surface area contributed by atoms with Crippen molar-refractivity contribution in [3.63, 3.8) is 0 Å². The van der Waals surface area contributed by atoms with Gasteiger partial charge < -0.3 is 10.5 Å². The van der Waals surface area contributed by atoms with Crippen LogP contribution in [-0.2, 0) is 0 Å². The van der Waals surface area contributed by atoms with Crippen molar-refractivity contribution in [3.05, 3.63) is 29.6 Å². The number of nitrogens with two attached hydrogens (primary N) is 1. The Balaban J connectivity index is 0.00000256. The zero-order chi connectivity index (χ0) is 12.1. The topological polar surface area (TPSA) is 35.2 Å². The summed E-state index contributed by atoms with van der Waals surface area (Å²) < 4.78 is 18.1. The van der Waals surface area contributed by atoms with Crippen LogP contribution < -0.4 is 10.5 Å². The highest BCUT2D eigenvalue weighted by molar-refractivity contribution is 5.85. The highest BCUT2D eigenvalue weighted by Gasteiger charge is 2.13. The normalized spacial score (nSPS) is 12.1. The predicted octanol–water partition coefficient (Wildman–Crippen LogP) is 3.69. The van der Waals surface area contributed by atoms with E-state index in [0.717, 1.165) is 18.4 Å². The van der Waals surface area contributed by atoms with Gasteiger partial charge in [-0.2, -0.15) is 0 Å². The SMILES string of the molecule is COc1cc(F)ccc1[C@@H](N)CCC(C)C.Cl. The fraction of sp³-hybridized carbons (Fsp3) is 0.538. The molecule has 0 aliphatic heterocycles. The molecule has 1 rings (SSSR count). The Morgan fingerprint density at radius 2 is 1.94 bits per heavy atom. The summed E-state index contributed by atoms with van der Waals surface area (Å²) in [5.41, 5.74) is 6.95. The van der Waals surface area contributed by atoms with E-state index >= 15 is 0 Å². The lowest BCUT2D eigenvalue weighted by atomic mass is 9.97. The first-order valence-electron chi connectivity index (χ1n) is 5.63. The van der Waals surface area contributed by atoms with Crippen LogP contribution in [0.3, 0.4) is 0 Å². The minimum atomic E-state index is -0.295. The maximum absolute atomic E-state index is 13.0. The van der Waals surface area contributed by atoms with Gasteiger partial charge in [0.05, 0.1) is 7.11 Å². The number of hydrogen-bond acceptors (Lipinski definition) is 2. The summed E-state index contributed by atoms with van der Waals surface area (Å²) in [7, 11) is 1.54. The summed E-state index contributed by atoms with van der Waals surface area (Å²) in [6.45, 7) is 4.32. The highest BCUT2D eigenvalue weighted by atomic mass is 35.5. The van der Waals surface area contributed by atoms with Crippen LogP contribution in [0.4, 0.5) is 4.39 Å². The predicted molar refractivity (Wildman–Crippen MR) is 71.2 cm³/mol. The molecule has 0 saturated heterocycles. The Hall–Kier alpha value is -0.800. The lowest BCUT2D eigenvalue weighted by Crippen LogP contribution is -2.12. The summed E-state index contributed by atoms with van der Waals surface area (Å²) in [5.74, 6) is 0.866. The van der Waals surface area contributed by atoms with E-state index in [1.807, 2.05) is 0 Å². The Kier molecular flexibility index (Phi) is 7.16. The lowest BCUT2D eigenvalue weighted by molar-refractivity contribution is 0.397. The fourth-order valence-electron chi connectivity index (χ4n) is 1.66. The van der Waals surface area contributed by atoms with Gasteiger partial charge in [0.2, 0.25) is 0 Å². The molecule has 0 aliphatic rings. The van der Waals surface area contributed by atoms with Crippen molar-refractivity contribution in [1.82, 2.24) is 0 Å². The summed E-state index contributed by atoms with van der Waals surface area (Å²) in [6, 6.07) is 4.43. The molecule has 0 aromatic heterocycles. The molecule has 0 amide bonds. The third kappa shape index (κ3) is 4.92. The van der Waals surface area contributed by atoms with Gasteiger partial charge in [0.25, 0.3) is 0 Å². The van der Waals surface area contributed by atoms with Gasteiger partial charge in [-0.1, -0.05) is 19.9 Å². The molecule has 0 radical (unpaired) electrons. The molecule has 4 heteroatoms. The summed E-state index contributed by atoms with van der Waals surface area (Å²) in [4.78, 5) is 0. The number of halogens is 2. The highest BCUT2D eigenvalue weighted by Crippen LogP contribution is 2.28. The van der Waals surface area contributed by atoms with Gasteiger partial charge in [-0.3, -0.25) is 0 Å². The maximum atomic E-state index is 13.0. The largest absolute Gasteiger partial charge is 0.496 e. The average Bonchev–Trinajstić information content (AvgIpc) is 2.25. The van der Waals surface area contributed by atoms with Crippen LogP contribution in [0.25, 0.3) is 0 Å². The molecular weight excluding hydrogens is 241 g/mol. The quantitative estimate of drug-likeness (QED) is 0.877. The minimum Gasteiger partial charge on any atom is -0.496 e. The number of rotatable bonds is 5. The maximum Gasteiger partial charge on any atom is 0.126 e. The number of methoxy groups -OCH3 is 1. The van der Waals surface area contributed by atoms with E-state index in [1.54, 1.807) is 6.07 Å². The van der Waals surface area contributed by atoms with Crippen molar-refractivity contribution in [3.8, 4) is 5.75 Å². The van der Waals surface area contributed by atoms with E-state index in [4.69, 9.17) is 10.5 Å². The molecule has 0 spiro atoms. The number of ether oxygens (including phenoxy) is 1. The summed E-state index contributed by atoms with van der Waals surface area (Å²) >= 11 is 0. The van der Waals surface area contributed by atoms with Gasteiger partial charge in [0.1, 0.15) is 11.6 Å². The van der Waals surface area contributed by atoms with E-state index in [-0.39, 0.29) is 24.3 Å². The first-order chi connectivity index (χ1) is 7.54. The second kappa shape index (κ2) is 7.51. The summed E-state index contributed by atoms with van der Waals surface area (Å²) in [6.07, 6.45) is 1.95. The molecule has 17 heavy (non-hydrogen) atoms. The van der Waals surface area contributed by atoms with E-state index in [2.05, 4.69) is 13.8 Å². The molecule has 0 fully saturated rings. The van der Waals surface area contributed by atoms with E-state index < -0.39 is 0 Å². The Morgan fingerprint density at radius 3 is 2.47 bits per heavy atom. The van der Waals surface area contributed by atoms with Gasteiger partial charge in [-0.25, -0.2) is 4.39 Å². The van der Waals surface area contributed by atoms with Gasteiger partial charge in [-0.15, -0.1) is 12.4 Å². The third-order valence-corrected chi connectivity index (χ3v) is 2.65. The minimum absolute atomic E-state index is 0. The Labute approximate surface area is 109 Å². The fourth-order valence-corrected chi connectivity index (χ4v) is 1.66. The Bertz CT molecular complexity index is 344. The van der Waals surface area contributed by atoms with Crippen molar-refractivity contribution < 1.29 is 9.13 Å². The van der Waals surface area contributed by atoms with Gasteiger partial charge in [0.15, 0.2) is 0 Å². The second-order valence-electron chi connectivity index (χ2n) is 4.46. The van der Waals surface area contributed by atoms with Crippen molar-refractivity contribution >= 4 is 12.4 Å². The molecule has 1 atom stereocenters. The molecule has 0 heterocycles. The van der Waals surface area contributed by atoms with Crippen LogP contribution >= 0.6 is 12.4 Å². The summed E-state index contributed by atoms with van der Waals surface area (Å²) in [5, 5.41) is 0. The molecule has 2 nitrogen and oxygen atoms in total. The number of benzene rings is 1. The van der Waals surface area contributed by atoms with Crippen LogP contribution in [0.2, 0.25) is 0 Å². The van der Waals surface area contributed by atoms with Crippen LogP contribution in [0.1, 0.15) is 38.3 Å². The third-order valence-electron chi connectivity index (χ3n) is 2.65. The average molecular weight is 262 g/mol. The van der Waals surface area contributed by atoms with E-state index in [0.29, 0.717) is 11.7 Å². The van der Waals surface area contributed by atoms with Gasteiger partial charge >= 0.3 is 0 Å². The van der Waals surface area contributed by atoms with Crippen LogP contribution in [0.5, 0.6) is 5.75 Å². The zero-order valence-electron chi connectivity index (χ0n) is 10.6. The van der Waals surface area contributed by atoms with Crippen molar-refractivity contribution in [1.29, 1.82) is 0 Å². The van der Waals surface area contributed by atoms with Crippen LogP contribution in [0.15, 0.2) is 18.2 Å². The van der Waals surface area contributed by atoms with Gasteiger partial charge in [0, 0.05) is 17.7 Å². The molecule has 2 N–H and O–H groups in total. The van der Waals surface area contributed by atoms with Crippen LogP contribution in [0, 0.1) is 11.7 Å². The molecule has 0 bridgehead atoms. The van der Waals surface area contributed by atoms with Gasteiger partial charge in [-0.05, 0) is 24.8 Å². The van der Waals surface area contributed by atoms with Crippen molar-refractivity contribution in [2.24, 2.45) is 11.7 Å². The zero-order valence-corrected chi connectivity index (χ0v) is 11.4. The standard InChI is InChI=1S/C13H20FNO.ClH/c1-9(2)4-7-12(15)11-6-5-10(14)8-13(11)16-3;/h5-6,8-9,12H,4,7,15H2,1-3H3;1H/t12-;/m0./s1. The Morgan fingerprint density at radius 1 is 1.29 bits per heavy atom. The second-order valence-corrected chi connectivity index (χ2v) is 4.46. The first kappa shape index (κ1) is 16.2. The first-order valence-corrected chi connectivity index (χ1v) is 5.63. The molecule has 98 valence electrons. The van der Waals surface area contributed by atoms with Crippen molar-refractivity contribution in [2.45, 2.75) is 32.7 Å². The molecule has 1 aromatic carbocycles. The smallest absolute Gasteiger partial charge is 0.126 e. The molecule has 0 saturated carbocycles.